The lowest BCUT2D eigenvalue weighted by molar-refractivity contribution is -0.125. The van der Waals surface area contributed by atoms with Gasteiger partial charge in [0.05, 0.1) is 17.3 Å². The molecule has 1 aromatic heterocycles. The molecule has 5 amide bonds. The lowest BCUT2D eigenvalue weighted by atomic mass is 10.0. The Morgan fingerprint density at radius 2 is 1.83 bits per heavy atom. The topological polar surface area (TPSA) is 82.6 Å². The zero-order chi connectivity index (χ0) is 20.5. The van der Waals surface area contributed by atoms with E-state index >= 15 is 0 Å². The fraction of sp³-hybridized carbons (Fsp3) is 0.143. The monoisotopic (exact) mass is 408 g/mol. The van der Waals surface area contributed by atoms with Crippen LogP contribution >= 0.6 is 11.6 Å². The molecule has 1 aliphatic rings. The number of aromatic nitrogens is 1. The quantitative estimate of drug-likeness (QED) is 0.682. The number of benzene rings is 2. The van der Waals surface area contributed by atoms with Crippen molar-refractivity contribution < 1.29 is 14.4 Å². The minimum atomic E-state index is -0.625. The molecule has 29 heavy (non-hydrogen) atoms. The summed E-state index contributed by atoms with van der Waals surface area (Å²) >= 11 is 6.41. The predicted octanol–water partition coefficient (Wildman–Crippen LogP) is 4.37. The van der Waals surface area contributed by atoms with Gasteiger partial charge in [-0.15, -0.1) is 0 Å². The Hall–Kier alpha value is -3.45. The maximum atomic E-state index is 12.5. The molecular formula is C21H17ClN4O3. The first-order valence-electron chi connectivity index (χ1n) is 9.00. The third-order valence-corrected chi connectivity index (χ3v) is 5.11. The minimum absolute atomic E-state index is 0.148. The molecule has 0 unspecified atom stereocenters. The minimum Gasteiger partial charge on any atom is -0.307 e. The Balaban J connectivity index is 1.63. The molecule has 7 nitrogen and oxygen atoms in total. The predicted molar refractivity (Wildman–Crippen MR) is 111 cm³/mol. The smallest absolute Gasteiger partial charge is 0.307 e. The lowest BCUT2D eigenvalue weighted by Crippen LogP contribution is -2.40. The lowest BCUT2D eigenvalue weighted by Gasteiger charge is -2.16. The molecule has 0 spiro atoms. The van der Waals surface area contributed by atoms with Crippen LogP contribution in [0.3, 0.4) is 0 Å². The number of nitrogens with one attached hydrogen (secondary N) is 1. The van der Waals surface area contributed by atoms with Gasteiger partial charge in [0, 0.05) is 36.3 Å². The van der Waals surface area contributed by atoms with E-state index in [2.05, 4.69) is 10.3 Å². The Kier molecular flexibility index (Phi) is 4.90. The van der Waals surface area contributed by atoms with Crippen LogP contribution < -0.4 is 5.32 Å². The number of carbonyl (C=O) groups is 3. The highest BCUT2D eigenvalue weighted by Crippen LogP contribution is 2.33. The van der Waals surface area contributed by atoms with Gasteiger partial charge >= 0.3 is 12.1 Å². The van der Waals surface area contributed by atoms with E-state index in [4.69, 9.17) is 11.6 Å². The number of nitrogens with zero attached hydrogens (tertiary/aromatic N) is 3. The summed E-state index contributed by atoms with van der Waals surface area (Å²) in [5, 5.41) is 5.15. The summed E-state index contributed by atoms with van der Waals surface area (Å²) < 4.78 is 0. The van der Waals surface area contributed by atoms with Crippen molar-refractivity contribution in [2.45, 2.75) is 6.92 Å². The van der Waals surface area contributed by atoms with E-state index in [1.54, 1.807) is 24.4 Å². The van der Waals surface area contributed by atoms with Gasteiger partial charge in [-0.1, -0.05) is 35.9 Å². The van der Waals surface area contributed by atoms with Gasteiger partial charge < -0.3 is 5.32 Å². The van der Waals surface area contributed by atoms with E-state index in [0.29, 0.717) is 22.0 Å². The molecule has 1 fully saturated rings. The van der Waals surface area contributed by atoms with Gasteiger partial charge in [-0.05, 0) is 29.7 Å². The zero-order valence-corrected chi connectivity index (χ0v) is 16.3. The third kappa shape index (κ3) is 3.52. The molecule has 0 aliphatic carbocycles. The van der Waals surface area contributed by atoms with Gasteiger partial charge in [-0.3, -0.25) is 14.7 Å². The number of hydrogen-bond donors (Lipinski definition) is 1. The van der Waals surface area contributed by atoms with Crippen molar-refractivity contribution in [1.29, 1.82) is 0 Å². The highest BCUT2D eigenvalue weighted by Gasteiger charge is 2.35. The second-order valence-corrected chi connectivity index (χ2v) is 7.02. The molecule has 4 rings (SSSR count). The van der Waals surface area contributed by atoms with Gasteiger partial charge in [0.25, 0.3) is 0 Å². The molecule has 1 saturated heterocycles. The maximum absolute atomic E-state index is 12.5. The standard InChI is InChI=1S/C21H17ClN4O3/c1-13(27)25-10-11-26(21(25)29)20(28)24-15-6-7-18(22)17(12-15)19-16-5-3-2-4-14(16)8-9-23-19/h2-9,12H,10-11H2,1H3,(H,24,28). The summed E-state index contributed by atoms with van der Waals surface area (Å²) in [6.45, 7) is 1.63. The van der Waals surface area contributed by atoms with Crippen LogP contribution in [0.2, 0.25) is 5.02 Å². The van der Waals surface area contributed by atoms with E-state index in [9.17, 15) is 14.4 Å². The molecule has 0 bridgehead atoms. The second-order valence-electron chi connectivity index (χ2n) is 6.61. The normalized spacial score (nSPS) is 13.8. The van der Waals surface area contributed by atoms with E-state index < -0.39 is 12.1 Å². The molecule has 146 valence electrons. The second kappa shape index (κ2) is 7.52. The summed E-state index contributed by atoms with van der Waals surface area (Å²) in [7, 11) is 0. The van der Waals surface area contributed by atoms with E-state index in [-0.39, 0.29) is 19.0 Å². The Labute approximate surface area is 171 Å². The zero-order valence-electron chi connectivity index (χ0n) is 15.6. The van der Waals surface area contributed by atoms with E-state index in [1.165, 1.54) is 6.92 Å². The van der Waals surface area contributed by atoms with Crippen LogP contribution in [0, 0.1) is 0 Å². The summed E-state index contributed by atoms with van der Waals surface area (Å²) in [5.74, 6) is -0.388. The van der Waals surface area contributed by atoms with Crippen LogP contribution in [0.15, 0.2) is 54.7 Å². The number of urea groups is 2. The number of hydrogen-bond acceptors (Lipinski definition) is 4. The first kappa shape index (κ1) is 18.9. The van der Waals surface area contributed by atoms with Crippen molar-refractivity contribution in [2.75, 3.05) is 18.4 Å². The number of amides is 5. The number of halogens is 1. The average Bonchev–Trinajstić information content (AvgIpc) is 3.11. The van der Waals surface area contributed by atoms with Crippen LogP contribution in [0.1, 0.15) is 6.92 Å². The van der Waals surface area contributed by atoms with E-state index in [0.717, 1.165) is 20.6 Å². The Bertz CT molecular complexity index is 1140. The van der Waals surface area contributed by atoms with Crippen LogP contribution in [-0.4, -0.2) is 45.8 Å². The summed E-state index contributed by atoms with van der Waals surface area (Å²) in [5.41, 5.74) is 1.83. The molecule has 8 heteroatoms. The molecule has 0 radical (unpaired) electrons. The number of imide groups is 2. The molecular weight excluding hydrogens is 392 g/mol. The van der Waals surface area contributed by atoms with Crippen LogP contribution in [0.5, 0.6) is 0 Å². The number of fused-ring (bicyclic) bond motifs is 1. The van der Waals surface area contributed by atoms with E-state index in [1.807, 2.05) is 30.3 Å². The summed E-state index contributed by atoms with van der Waals surface area (Å²) in [6.07, 6.45) is 1.71. The first-order valence-corrected chi connectivity index (χ1v) is 9.38. The molecule has 1 aliphatic heterocycles. The van der Waals surface area contributed by atoms with Crippen molar-refractivity contribution in [3.05, 3.63) is 59.8 Å². The molecule has 1 N–H and O–H groups in total. The number of carbonyl (C=O) groups excluding carboxylic acids is 3. The van der Waals surface area contributed by atoms with Gasteiger partial charge in [0.2, 0.25) is 5.91 Å². The fourth-order valence-corrected chi connectivity index (χ4v) is 3.53. The number of rotatable bonds is 2. The van der Waals surface area contributed by atoms with Crippen molar-refractivity contribution in [3.8, 4) is 11.3 Å². The summed E-state index contributed by atoms with van der Waals surface area (Å²) in [4.78, 5) is 42.7. The summed E-state index contributed by atoms with van der Waals surface area (Å²) in [6, 6.07) is 13.5. The SMILES string of the molecule is CC(=O)N1CCN(C(=O)Nc2ccc(Cl)c(-c3nccc4ccccc34)c2)C1=O. The van der Waals surface area contributed by atoms with Crippen molar-refractivity contribution >= 4 is 46.0 Å². The fourth-order valence-electron chi connectivity index (χ4n) is 3.33. The van der Waals surface area contributed by atoms with Crippen LogP contribution in [-0.2, 0) is 4.79 Å². The van der Waals surface area contributed by atoms with Crippen LogP contribution in [0.25, 0.3) is 22.0 Å². The van der Waals surface area contributed by atoms with Gasteiger partial charge in [0.15, 0.2) is 0 Å². The number of anilines is 1. The molecule has 3 aromatic rings. The molecule has 2 heterocycles. The van der Waals surface area contributed by atoms with Crippen LogP contribution in [0.4, 0.5) is 15.3 Å². The first-order chi connectivity index (χ1) is 14.0. The maximum Gasteiger partial charge on any atom is 0.334 e. The molecule has 0 atom stereocenters. The highest BCUT2D eigenvalue weighted by molar-refractivity contribution is 6.33. The van der Waals surface area contributed by atoms with Crippen molar-refractivity contribution in [3.63, 3.8) is 0 Å². The Morgan fingerprint density at radius 3 is 2.59 bits per heavy atom. The average molecular weight is 409 g/mol. The Morgan fingerprint density at radius 1 is 1.07 bits per heavy atom. The molecule has 2 aromatic carbocycles. The van der Waals surface area contributed by atoms with Gasteiger partial charge in [-0.25, -0.2) is 14.5 Å². The van der Waals surface area contributed by atoms with Gasteiger partial charge in [0.1, 0.15) is 0 Å². The highest BCUT2D eigenvalue weighted by atomic mass is 35.5. The van der Waals surface area contributed by atoms with Crippen molar-refractivity contribution in [1.82, 2.24) is 14.8 Å². The largest absolute Gasteiger partial charge is 0.334 e. The van der Waals surface area contributed by atoms with Gasteiger partial charge in [-0.2, -0.15) is 0 Å². The van der Waals surface area contributed by atoms with Crippen molar-refractivity contribution in [2.24, 2.45) is 0 Å². The molecule has 0 saturated carbocycles. The number of pyridine rings is 1. The third-order valence-electron chi connectivity index (χ3n) is 4.78.